The maximum Gasteiger partial charge on any atom is 0.416 e. The molecule has 1 aliphatic rings. The van der Waals surface area contributed by atoms with Gasteiger partial charge in [-0.15, -0.1) is 0 Å². The van der Waals surface area contributed by atoms with E-state index in [4.69, 9.17) is 4.42 Å². The number of benzene rings is 1. The van der Waals surface area contributed by atoms with E-state index >= 15 is 0 Å². The summed E-state index contributed by atoms with van der Waals surface area (Å²) in [6.07, 6.45) is -2.74. The molecule has 0 unspecified atom stereocenters. The number of hydrogen-bond acceptors (Lipinski definition) is 3. The number of carbonyl (C=O) groups excluding carboxylic acids is 2. The van der Waals surface area contributed by atoms with Crippen LogP contribution in [0.15, 0.2) is 47.1 Å². The van der Waals surface area contributed by atoms with Gasteiger partial charge in [-0.3, -0.25) is 9.59 Å². The normalized spacial score (nSPS) is 17.4. The van der Waals surface area contributed by atoms with Crippen molar-refractivity contribution >= 4 is 11.8 Å². The molecule has 2 heterocycles. The van der Waals surface area contributed by atoms with Crippen LogP contribution in [0.2, 0.25) is 0 Å². The molecule has 1 aliphatic heterocycles. The standard InChI is InChI=1S/C19H19F3N2O3/c1-23(10-13-4-6-15(7-5-13)19(20,21)22)18(26)14-9-17(25)24(11-14)12-16-3-2-8-27-16/h2-8,14H,9-12H2,1H3/t14-/m0/s1. The Hall–Kier alpha value is -2.77. The van der Waals surface area contributed by atoms with Gasteiger partial charge in [0.15, 0.2) is 0 Å². The molecule has 1 aromatic carbocycles. The van der Waals surface area contributed by atoms with Crippen LogP contribution in [0.4, 0.5) is 13.2 Å². The average Bonchev–Trinajstić information content (AvgIpc) is 3.24. The number of rotatable bonds is 5. The molecular formula is C19H19F3N2O3. The molecule has 0 radical (unpaired) electrons. The van der Waals surface area contributed by atoms with E-state index in [1.807, 2.05) is 0 Å². The summed E-state index contributed by atoms with van der Waals surface area (Å²) in [7, 11) is 1.58. The highest BCUT2D eigenvalue weighted by atomic mass is 19.4. The van der Waals surface area contributed by atoms with Gasteiger partial charge in [-0.05, 0) is 29.8 Å². The SMILES string of the molecule is CN(Cc1ccc(C(F)(F)F)cc1)C(=O)[C@H]1CC(=O)N(Cc2ccco2)C1. The molecule has 5 nitrogen and oxygen atoms in total. The van der Waals surface area contributed by atoms with Gasteiger partial charge in [0.2, 0.25) is 11.8 Å². The summed E-state index contributed by atoms with van der Waals surface area (Å²) in [5.41, 5.74) is -0.134. The lowest BCUT2D eigenvalue weighted by Gasteiger charge is -2.21. The first-order valence-corrected chi connectivity index (χ1v) is 8.45. The van der Waals surface area contributed by atoms with Gasteiger partial charge in [-0.2, -0.15) is 13.2 Å². The third kappa shape index (κ3) is 4.50. The number of furan rings is 1. The van der Waals surface area contributed by atoms with Crippen LogP contribution in [-0.2, 0) is 28.9 Å². The number of likely N-dealkylation sites (tertiary alicyclic amines) is 1. The number of nitrogens with zero attached hydrogens (tertiary/aromatic N) is 2. The second kappa shape index (κ2) is 7.46. The van der Waals surface area contributed by atoms with E-state index in [0.29, 0.717) is 24.4 Å². The van der Waals surface area contributed by atoms with Gasteiger partial charge in [-0.25, -0.2) is 0 Å². The molecule has 0 aliphatic carbocycles. The van der Waals surface area contributed by atoms with Gasteiger partial charge in [0, 0.05) is 26.6 Å². The minimum Gasteiger partial charge on any atom is -0.467 e. The van der Waals surface area contributed by atoms with Crippen molar-refractivity contribution < 1.29 is 27.2 Å². The second-order valence-corrected chi connectivity index (χ2v) is 6.64. The van der Waals surface area contributed by atoms with Crippen LogP contribution in [0, 0.1) is 5.92 Å². The smallest absolute Gasteiger partial charge is 0.416 e. The number of amides is 2. The minimum absolute atomic E-state index is 0.118. The van der Waals surface area contributed by atoms with Crippen molar-refractivity contribution in [2.75, 3.05) is 13.6 Å². The molecule has 1 saturated heterocycles. The van der Waals surface area contributed by atoms with Crippen LogP contribution >= 0.6 is 0 Å². The molecule has 2 amide bonds. The van der Waals surface area contributed by atoms with E-state index < -0.39 is 17.7 Å². The Morgan fingerprint density at radius 3 is 2.56 bits per heavy atom. The summed E-state index contributed by atoms with van der Waals surface area (Å²) in [5, 5.41) is 0. The first kappa shape index (κ1) is 19.0. The Bertz CT molecular complexity index is 801. The van der Waals surface area contributed by atoms with Crippen LogP contribution < -0.4 is 0 Å². The molecule has 1 aromatic heterocycles. The third-order valence-corrected chi connectivity index (χ3v) is 4.57. The molecule has 0 bridgehead atoms. The lowest BCUT2D eigenvalue weighted by molar-refractivity contribution is -0.137. The lowest BCUT2D eigenvalue weighted by atomic mass is 10.1. The minimum atomic E-state index is -4.39. The van der Waals surface area contributed by atoms with E-state index in [1.54, 1.807) is 24.1 Å². The molecule has 2 aromatic rings. The molecule has 0 spiro atoms. The van der Waals surface area contributed by atoms with E-state index in [0.717, 1.165) is 12.1 Å². The molecule has 27 heavy (non-hydrogen) atoms. The van der Waals surface area contributed by atoms with Crippen LogP contribution in [0.25, 0.3) is 0 Å². The summed E-state index contributed by atoms with van der Waals surface area (Å²) in [6, 6.07) is 8.20. The quantitative estimate of drug-likeness (QED) is 0.800. The fourth-order valence-corrected chi connectivity index (χ4v) is 3.14. The summed E-state index contributed by atoms with van der Waals surface area (Å²) in [4.78, 5) is 27.8. The number of carbonyl (C=O) groups is 2. The van der Waals surface area contributed by atoms with Gasteiger partial charge in [0.25, 0.3) is 0 Å². The third-order valence-electron chi connectivity index (χ3n) is 4.57. The van der Waals surface area contributed by atoms with Gasteiger partial charge < -0.3 is 14.2 Å². The second-order valence-electron chi connectivity index (χ2n) is 6.64. The summed E-state index contributed by atoms with van der Waals surface area (Å²) >= 11 is 0. The zero-order valence-corrected chi connectivity index (χ0v) is 14.7. The molecular weight excluding hydrogens is 361 g/mol. The fourth-order valence-electron chi connectivity index (χ4n) is 3.14. The van der Waals surface area contributed by atoms with Gasteiger partial charge >= 0.3 is 6.18 Å². The predicted octanol–water partition coefficient (Wildman–Crippen LogP) is 3.31. The maximum absolute atomic E-state index is 12.6. The molecule has 3 rings (SSSR count). The van der Waals surface area contributed by atoms with Crippen molar-refractivity contribution in [3.63, 3.8) is 0 Å². The molecule has 0 N–H and O–H groups in total. The molecule has 0 saturated carbocycles. The van der Waals surface area contributed by atoms with Gasteiger partial charge in [0.05, 0.1) is 24.3 Å². The average molecular weight is 380 g/mol. The van der Waals surface area contributed by atoms with Gasteiger partial charge in [-0.1, -0.05) is 12.1 Å². The zero-order valence-electron chi connectivity index (χ0n) is 14.7. The van der Waals surface area contributed by atoms with Crippen LogP contribution in [-0.4, -0.2) is 35.2 Å². The van der Waals surface area contributed by atoms with Crippen molar-refractivity contribution in [2.45, 2.75) is 25.7 Å². The monoisotopic (exact) mass is 380 g/mol. The topological polar surface area (TPSA) is 53.8 Å². The summed E-state index contributed by atoms with van der Waals surface area (Å²) < 4.78 is 43.1. The highest BCUT2D eigenvalue weighted by molar-refractivity contribution is 5.89. The largest absolute Gasteiger partial charge is 0.467 e. The first-order chi connectivity index (χ1) is 12.7. The van der Waals surface area contributed by atoms with E-state index in [1.165, 1.54) is 23.3 Å². The summed E-state index contributed by atoms with van der Waals surface area (Å²) in [5.74, 6) is -0.139. The van der Waals surface area contributed by atoms with Crippen molar-refractivity contribution in [1.29, 1.82) is 0 Å². The Kier molecular flexibility index (Phi) is 5.25. The van der Waals surface area contributed by atoms with E-state index in [9.17, 15) is 22.8 Å². The van der Waals surface area contributed by atoms with Crippen molar-refractivity contribution in [3.8, 4) is 0 Å². The Labute approximate surface area is 154 Å². The van der Waals surface area contributed by atoms with Crippen molar-refractivity contribution in [3.05, 3.63) is 59.5 Å². The maximum atomic E-state index is 12.6. The lowest BCUT2D eigenvalue weighted by Crippen LogP contribution is -2.34. The van der Waals surface area contributed by atoms with Crippen molar-refractivity contribution in [1.82, 2.24) is 9.80 Å². The predicted molar refractivity (Wildman–Crippen MR) is 90.2 cm³/mol. The summed E-state index contributed by atoms with van der Waals surface area (Å²) in [6.45, 7) is 0.799. The highest BCUT2D eigenvalue weighted by Gasteiger charge is 2.36. The first-order valence-electron chi connectivity index (χ1n) is 8.45. The molecule has 144 valence electrons. The van der Waals surface area contributed by atoms with E-state index in [-0.39, 0.29) is 24.8 Å². The Morgan fingerprint density at radius 1 is 1.26 bits per heavy atom. The highest BCUT2D eigenvalue weighted by Crippen LogP contribution is 2.29. The molecule has 8 heteroatoms. The molecule has 1 fully saturated rings. The Balaban J connectivity index is 1.58. The van der Waals surface area contributed by atoms with Crippen molar-refractivity contribution in [2.24, 2.45) is 5.92 Å². The fraction of sp³-hybridized carbons (Fsp3) is 0.368. The number of halogens is 3. The van der Waals surface area contributed by atoms with E-state index in [2.05, 4.69) is 0 Å². The van der Waals surface area contributed by atoms with Gasteiger partial charge in [0.1, 0.15) is 5.76 Å². The zero-order chi connectivity index (χ0) is 19.6. The Morgan fingerprint density at radius 2 is 1.96 bits per heavy atom. The van der Waals surface area contributed by atoms with Crippen LogP contribution in [0.5, 0.6) is 0 Å². The van der Waals surface area contributed by atoms with Crippen LogP contribution in [0.1, 0.15) is 23.3 Å². The van der Waals surface area contributed by atoms with Crippen LogP contribution in [0.3, 0.4) is 0 Å². The number of hydrogen-bond donors (Lipinski definition) is 0. The molecule has 1 atom stereocenters. The number of alkyl halides is 3.